The van der Waals surface area contributed by atoms with Crippen LogP contribution in [-0.4, -0.2) is 32.2 Å². The molecule has 0 aliphatic heterocycles. The van der Waals surface area contributed by atoms with Crippen LogP contribution in [0.4, 0.5) is 5.82 Å². The van der Waals surface area contributed by atoms with Gasteiger partial charge in [0.15, 0.2) is 0 Å². The van der Waals surface area contributed by atoms with Gasteiger partial charge in [0.1, 0.15) is 23.5 Å². The van der Waals surface area contributed by atoms with Crippen LogP contribution in [0, 0.1) is 5.92 Å². The molecule has 1 aliphatic carbocycles. The number of carbonyl (C=O) groups is 1. The highest BCUT2D eigenvalue weighted by Gasteiger charge is 2.34. The Morgan fingerprint density at radius 1 is 1.15 bits per heavy atom. The molecule has 0 saturated heterocycles. The van der Waals surface area contributed by atoms with Crippen molar-refractivity contribution in [2.24, 2.45) is 5.92 Å². The van der Waals surface area contributed by atoms with Crippen molar-refractivity contribution in [1.82, 2.24) is 14.5 Å². The third kappa shape index (κ3) is 3.74. The van der Waals surface area contributed by atoms with Crippen molar-refractivity contribution in [3.05, 3.63) is 72.2 Å². The monoisotopic (exact) mass is 442 g/mol. The topological polar surface area (TPSA) is 103 Å². The smallest absolute Gasteiger partial charge is 0.343 e. The highest BCUT2D eigenvalue weighted by atomic mass is 16.5. The molecular formula is C26H26N4O3. The van der Waals surface area contributed by atoms with Gasteiger partial charge < -0.3 is 20.1 Å². The molecule has 4 aromatic rings. The van der Waals surface area contributed by atoms with Gasteiger partial charge in [-0.15, -0.1) is 0 Å². The van der Waals surface area contributed by atoms with E-state index < -0.39 is 5.97 Å². The fourth-order valence-corrected chi connectivity index (χ4v) is 4.77. The van der Waals surface area contributed by atoms with Crippen molar-refractivity contribution in [3.63, 3.8) is 0 Å². The quantitative estimate of drug-likeness (QED) is 0.339. The van der Waals surface area contributed by atoms with E-state index in [4.69, 9.17) is 10.5 Å². The van der Waals surface area contributed by atoms with Gasteiger partial charge in [-0.3, -0.25) is 0 Å². The Hall–Kier alpha value is -3.71. The first-order valence-corrected chi connectivity index (χ1v) is 11.2. The fourth-order valence-electron chi connectivity index (χ4n) is 4.77. The van der Waals surface area contributed by atoms with Crippen LogP contribution in [0.3, 0.4) is 0 Å². The predicted octanol–water partition coefficient (Wildman–Crippen LogP) is 4.41. The summed E-state index contributed by atoms with van der Waals surface area (Å²) in [5, 5.41) is 10.3. The predicted molar refractivity (Wildman–Crippen MR) is 127 cm³/mol. The molecule has 168 valence electrons. The van der Waals surface area contributed by atoms with Crippen LogP contribution in [0.25, 0.3) is 22.2 Å². The lowest BCUT2D eigenvalue weighted by molar-refractivity contribution is 0.0735. The maximum atomic E-state index is 12.6. The van der Waals surface area contributed by atoms with Crippen molar-refractivity contribution < 1.29 is 14.6 Å². The van der Waals surface area contributed by atoms with Crippen molar-refractivity contribution in [1.29, 1.82) is 0 Å². The fraction of sp³-hybridized carbons (Fsp3) is 0.269. The third-order valence-corrected chi connectivity index (χ3v) is 6.43. The zero-order valence-corrected chi connectivity index (χ0v) is 18.4. The second kappa shape index (κ2) is 8.67. The minimum atomic E-state index is -0.404. The maximum Gasteiger partial charge on any atom is 0.343 e. The number of aliphatic hydroxyl groups excluding tert-OH is 1. The third-order valence-electron chi connectivity index (χ3n) is 6.43. The van der Waals surface area contributed by atoms with Crippen molar-refractivity contribution in [2.75, 3.05) is 12.3 Å². The molecule has 1 fully saturated rings. The van der Waals surface area contributed by atoms with Crippen molar-refractivity contribution in [3.8, 4) is 16.9 Å². The number of esters is 1. The molecule has 3 N–H and O–H groups in total. The highest BCUT2D eigenvalue weighted by molar-refractivity contribution is 6.02. The van der Waals surface area contributed by atoms with Crippen LogP contribution < -0.4 is 10.5 Å². The van der Waals surface area contributed by atoms with Crippen LogP contribution in [0.1, 0.15) is 41.9 Å². The SMILES string of the molecule is CCc1c(-c2cccc(OC(=O)c3ccccc3)c2)c2c(N)ncnc2n1[C@H]1C[C@@H](CO)C1. The summed E-state index contributed by atoms with van der Waals surface area (Å²) in [6.07, 6.45) is 4.09. The largest absolute Gasteiger partial charge is 0.423 e. The van der Waals surface area contributed by atoms with Gasteiger partial charge in [0, 0.05) is 23.9 Å². The molecule has 1 aliphatic rings. The number of nitrogens with zero attached hydrogens (tertiary/aromatic N) is 3. The number of aromatic nitrogens is 3. The highest BCUT2D eigenvalue weighted by Crippen LogP contribution is 2.45. The van der Waals surface area contributed by atoms with Gasteiger partial charge in [0.05, 0.1) is 10.9 Å². The molecule has 1 saturated carbocycles. The molecule has 0 atom stereocenters. The van der Waals surface area contributed by atoms with Gasteiger partial charge in [-0.25, -0.2) is 14.8 Å². The summed E-state index contributed by atoms with van der Waals surface area (Å²) < 4.78 is 7.92. The van der Waals surface area contributed by atoms with Gasteiger partial charge in [0.2, 0.25) is 0 Å². The van der Waals surface area contributed by atoms with Crippen LogP contribution in [0.2, 0.25) is 0 Å². The maximum absolute atomic E-state index is 12.6. The molecule has 0 spiro atoms. The number of nitrogens with two attached hydrogens (primary N) is 1. The molecule has 2 heterocycles. The van der Waals surface area contributed by atoms with Gasteiger partial charge in [0.25, 0.3) is 0 Å². The minimum Gasteiger partial charge on any atom is -0.423 e. The molecule has 7 heteroatoms. The molecule has 5 rings (SSSR count). The number of carbonyl (C=O) groups excluding carboxylic acids is 1. The van der Waals surface area contributed by atoms with Crippen molar-refractivity contribution >= 4 is 22.8 Å². The summed E-state index contributed by atoms with van der Waals surface area (Å²) in [6.45, 7) is 2.31. The van der Waals surface area contributed by atoms with E-state index in [9.17, 15) is 9.90 Å². The number of ether oxygens (including phenoxy) is 1. The Morgan fingerprint density at radius 3 is 2.67 bits per heavy atom. The average Bonchev–Trinajstić information content (AvgIpc) is 3.14. The Kier molecular flexibility index (Phi) is 5.56. The number of nitrogen functional groups attached to an aromatic ring is 1. The molecule has 33 heavy (non-hydrogen) atoms. The number of rotatable bonds is 6. The standard InChI is InChI=1S/C26H26N4O3/c1-2-21-22(18-9-6-10-20(13-18)33-26(32)17-7-4-3-5-8-17)23-24(27)28-15-29-25(23)30(21)19-11-16(12-19)14-31/h3-10,13,15-16,19,31H,2,11-12,14H2,1H3,(H2,27,28,29)/t16-,19+. The molecule has 2 aromatic carbocycles. The number of aliphatic hydroxyl groups is 1. The van der Waals surface area contributed by atoms with E-state index in [-0.39, 0.29) is 12.6 Å². The summed E-state index contributed by atoms with van der Waals surface area (Å²) in [5.41, 5.74) is 10.6. The zero-order valence-electron chi connectivity index (χ0n) is 18.4. The van der Waals surface area contributed by atoms with E-state index in [0.717, 1.165) is 47.1 Å². The molecule has 0 radical (unpaired) electrons. The van der Waals surface area contributed by atoms with Crippen molar-refractivity contribution in [2.45, 2.75) is 32.2 Å². The summed E-state index contributed by atoms with van der Waals surface area (Å²) in [6, 6.07) is 16.7. The van der Waals surface area contributed by atoms with Crippen LogP contribution in [-0.2, 0) is 6.42 Å². The first-order chi connectivity index (χ1) is 16.1. The van der Waals surface area contributed by atoms with E-state index in [0.29, 0.717) is 23.0 Å². The van der Waals surface area contributed by atoms with E-state index in [1.165, 1.54) is 6.33 Å². The number of hydrogen-bond donors (Lipinski definition) is 2. The van der Waals surface area contributed by atoms with E-state index in [1.54, 1.807) is 30.3 Å². The normalized spacial score (nSPS) is 17.6. The average molecular weight is 443 g/mol. The summed E-state index contributed by atoms with van der Waals surface area (Å²) in [7, 11) is 0. The molecule has 2 aromatic heterocycles. The Morgan fingerprint density at radius 2 is 1.94 bits per heavy atom. The van der Waals surface area contributed by atoms with Gasteiger partial charge in [-0.2, -0.15) is 0 Å². The lowest BCUT2D eigenvalue weighted by atomic mass is 9.80. The van der Waals surface area contributed by atoms with Gasteiger partial charge >= 0.3 is 5.97 Å². The summed E-state index contributed by atoms with van der Waals surface area (Å²) in [4.78, 5) is 21.4. The molecule has 7 nitrogen and oxygen atoms in total. The zero-order chi connectivity index (χ0) is 22.9. The second-order valence-corrected chi connectivity index (χ2v) is 8.46. The van der Waals surface area contributed by atoms with E-state index in [1.807, 2.05) is 24.3 Å². The summed E-state index contributed by atoms with van der Waals surface area (Å²) in [5.74, 6) is 0.802. The molecule has 0 unspecified atom stereocenters. The number of benzene rings is 2. The second-order valence-electron chi connectivity index (χ2n) is 8.46. The molecule has 0 bridgehead atoms. The number of fused-ring (bicyclic) bond motifs is 1. The van der Waals surface area contributed by atoms with Crippen LogP contribution in [0.15, 0.2) is 60.9 Å². The molecular weight excluding hydrogens is 416 g/mol. The first-order valence-electron chi connectivity index (χ1n) is 11.2. The van der Waals surface area contributed by atoms with Gasteiger partial charge in [-0.05, 0) is 55.0 Å². The summed E-state index contributed by atoms with van der Waals surface area (Å²) >= 11 is 0. The van der Waals surface area contributed by atoms with E-state index in [2.05, 4.69) is 21.5 Å². The van der Waals surface area contributed by atoms with Gasteiger partial charge in [-0.1, -0.05) is 37.3 Å². The Balaban J connectivity index is 1.59. The van der Waals surface area contributed by atoms with E-state index >= 15 is 0 Å². The Labute approximate surface area is 191 Å². The molecule has 0 amide bonds. The number of anilines is 1. The minimum absolute atomic E-state index is 0.204. The van der Waals surface area contributed by atoms with Crippen LogP contribution in [0.5, 0.6) is 5.75 Å². The Bertz CT molecular complexity index is 1310. The lowest BCUT2D eigenvalue weighted by Gasteiger charge is -2.36. The first kappa shape index (κ1) is 21.2. The lowest BCUT2D eigenvalue weighted by Crippen LogP contribution is -2.30. The number of hydrogen-bond acceptors (Lipinski definition) is 6. The van der Waals surface area contributed by atoms with Crippen LogP contribution >= 0.6 is 0 Å².